The molecule has 1 saturated heterocycles. The van der Waals surface area contributed by atoms with Gasteiger partial charge in [-0.25, -0.2) is 9.59 Å². The molecule has 2 aromatic carbocycles. The number of rotatable bonds is 6. The number of methoxy groups -OCH3 is 1. The lowest BCUT2D eigenvalue weighted by Gasteiger charge is -2.40. The van der Waals surface area contributed by atoms with Crippen molar-refractivity contribution in [2.75, 3.05) is 45.2 Å². The summed E-state index contributed by atoms with van der Waals surface area (Å²) in [4.78, 5) is 40.6. The van der Waals surface area contributed by atoms with E-state index in [1.165, 1.54) is 7.11 Å². The third kappa shape index (κ3) is 7.21. The van der Waals surface area contributed by atoms with Gasteiger partial charge < -0.3 is 19.7 Å². The number of piperazine rings is 1. The smallest absolute Gasteiger partial charge is 0.411 e. The van der Waals surface area contributed by atoms with Crippen LogP contribution < -0.4 is 10.6 Å². The van der Waals surface area contributed by atoms with Crippen LogP contribution in [0.1, 0.15) is 55.2 Å². The largest absolute Gasteiger partial charge is 0.453 e. The summed E-state index contributed by atoms with van der Waals surface area (Å²) < 4.78 is 10.3. The van der Waals surface area contributed by atoms with Crippen LogP contribution in [0, 0.1) is 0 Å². The first kappa shape index (κ1) is 27.0. The Kier molecular flexibility index (Phi) is 8.93. The van der Waals surface area contributed by atoms with Gasteiger partial charge in [0.05, 0.1) is 13.2 Å². The van der Waals surface area contributed by atoms with Crippen molar-refractivity contribution in [3.63, 3.8) is 0 Å². The Morgan fingerprint density at radius 3 is 2.22 bits per heavy atom. The molecule has 1 aliphatic heterocycles. The fourth-order valence-electron chi connectivity index (χ4n) is 4.14. The van der Waals surface area contributed by atoms with E-state index < -0.39 is 11.7 Å². The molecule has 2 aromatic rings. The van der Waals surface area contributed by atoms with Gasteiger partial charge in [0.1, 0.15) is 5.60 Å². The Bertz CT molecular complexity index is 1060. The average Bonchev–Trinajstić information content (AvgIpc) is 2.84. The first-order chi connectivity index (χ1) is 17.1. The van der Waals surface area contributed by atoms with Crippen LogP contribution in [-0.2, 0) is 9.47 Å². The molecule has 2 N–H and O–H groups in total. The van der Waals surface area contributed by atoms with Gasteiger partial charge in [0.15, 0.2) is 0 Å². The molecule has 9 nitrogen and oxygen atoms in total. The summed E-state index contributed by atoms with van der Waals surface area (Å²) >= 11 is 0. The molecule has 9 heteroatoms. The molecule has 0 saturated carbocycles. The molecule has 0 aliphatic carbocycles. The van der Waals surface area contributed by atoms with Crippen molar-refractivity contribution in [3.05, 3.63) is 65.2 Å². The molecule has 1 fully saturated rings. The lowest BCUT2D eigenvalue weighted by atomic mass is 9.95. The summed E-state index contributed by atoms with van der Waals surface area (Å²) in [5.74, 6) is -0.115. The fraction of sp³-hybridized carbons (Fsp3) is 0.444. The number of hydrogen-bond donors (Lipinski definition) is 2. The fourth-order valence-corrected chi connectivity index (χ4v) is 4.14. The predicted octanol–water partition coefficient (Wildman–Crippen LogP) is 4.26. The Morgan fingerprint density at radius 2 is 1.64 bits per heavy atom. The van der Waals surface area contributed by atoms with Gasteiger partial charge in [0.25, 0.3) is 5.91 Å². The van der Waals surface area contributed by atoms with Gasteiger partial charge in [-0.15, -0.1) is 0 Å². The van der Waals surface area contributed by atoms with Gasteiger partial charge in [-0.3, -0.25) is 15.0 Å². The van der Waals surface area contributed by atoms with Crippen molar-refractivity contribution in [2.24, 2.45) is 0 Å². The van der Waals surface area contributed by atoms with Crippen LogP contribution in [0.25, 0.3) is 0 Å². The van der Waals surface area contributed by atoms with Gasteiger partial charge in [0.2, 0.25) is 0 Å². The van der Waals surface area contributed by atoms with Crippen LogP contribution >= 0.6 is 0 Å². The Morgan fingerprint density at radius 1 is 0.972 bits per heavy atom. The minimum absolute atomic E-state index is 0.115. The lowest BCUT2D eigenvalue weighted by molar-refractivity contribution is 0.0119. The van der Waals surface area contributed by atoms with E-state index in [4.69, 9.17) is 9.47 Å². The maximum atomic E-state index is 12.6. The van der Waals surface area contributed by atoms with E-state index in [1.807, 2.05) is 70.2 Å². The van der Waals surface area contributed by atoms with E-state index in [9.17, 15) is 14.4 Å². The van der Waals surface area contributed by atoms with Crippen LogP contribution in [0.5, 0.6) is 0 Å². The number of anilines is 1. The van der Waals surface area contributed by atoms with Crippen molar-refractivity contribution in [2.45, 2.75) is 39.3 Å². The van der Waals surface area contributed by atoms with Gasteiger partial charge in [-0.2, -0.15) is 0 Å². The van der Waals surface area contributed by atoms with Crippen molar-refractivity contribution in [1.29, 1.82) is 0 Å². The standard InChI is InChI=1S/C27H36N4O5/c1-6-28-24(32)20-12-10-19(11-13-20)23(21-8-7-9-22(18-21)29-25(33)35-5)30-14-16-31(17-15-30)26(34)36-27(2,3)4/h7-13,18,23H,6,14-17H2,1-5H3,(H,28,32)(H,29,33). The molecule has 1 heterocycles. The summed E-state index contributed by atoms with van der Waals surface area (Å²) in [5.41, 5.74) is 2.64. The van der Waals surface area contributed by atoms with E-state index in [1.54, 1.807) is 11.0 Å². The quantitative estimate of drug-likeness (QED) is 0.620. The molecule has 0 bridgehead atoms. The molecule has 1 atom stereocenters. The maximum absolute atomic E-state index is 12.6. The first-order valence-electron chi connectivity index (χ1n) is 12.2. The highest BCUT2D eigenvalue weighted by Gasteiger charge is 2.30. The minimum Gasteiger partial charge on any atom is -0.453 e. The molecule has 0 aromatic heterocycles. The number of ether oxygens (including phenoxy) is 2. The Hall–Kier alpha value is -3.59. The number of hydrogen-bond acceptors (Lipinski definition) is 6. The van der Waals surface area contributed by atoms with Crippen LogP contribution in [0.2, 0.25) is 0 Å². The summed E-state index contributed by atoms with van der Waals surface area (Å²) in [6.45, 7) is 10.4. The number of carbonyl (C=O) groups is 3. The van der Waals surface area contributed by atoms with Crippen molar-refractivity contribution >= 4 is 23.8 Å². The van der Waals surface area contributed by atoms with Crippen molar-refractivity contribution < 1.29 is 23.9 Å². The highest BCUT2D eigenvalue weighted by Crippen LogP contribution is 2.31. The maximum Gasteiger partial charge on any atom is 0.411 e. The zero-order valence-electron chi connectivity index (χ0n) is 21.7. The molecule has 3 rings (SSSR count). The third-order valence-corrected chi connectivity index (χ3v) is 5.79. The number of carbonyl (C=O) groups excluding carboxylic acids is 3. The van der Waals surface area contributed by atoms with Crippen LogP contribution in [0.15, 0.2) is 48.5 Å². The average molecular weight is 497 g/mol. The molecule has 194 valence electrons. The number of amides is 3. The molecule has 3 amide bonds. The van der Waals surface area contributed by atoms with Crippen LogP contribution in [0.4, 0.5) is 15.3 Å². The number of benzene rings is 2. The highest BCUT2D eigenvalue weighted by molar-refractivity contribution is 5.94. The zero-order chi connectivity index (χ0) is 26.3. The van der Waals surface area contributed by atoms with Gasteiger partial charge in [-0.1, -0.05) is 24.3 Å². The predicted molar refractivity (Wildman–Crippen MR) is 138 cm³/mol. The molecule has 36 heavy (non-hydrogen) atoms. The molecule has 0 radical (unpaired) electrons. The normalized spacial score (nSPS) is 15.1. The summed E-state index contributed by atoms with van der Waals surface area (Å²) in [7, 11) is 1.32. The summed E-state index contributed by atoms with van der Waals surface area (Å²) in [6, 6.07) is 15.0. The first-order valence-corrected chi connectivity index (χ1v) is 12.2. The monoisotopic (exact) mass is 496 g/mol. The second kappa shape index (κ2) is 11.9. The van der Waals surface area contributed by atoms with Gasteiger partial charge in [-0.05, 0) is 63.1 Å². The van der Waals surface area contributed by atoms with E-state index in [-0.39, 0.29) is 18.0 Å². The zero-order valence-corrected chi connectivity index (χ0v) is 21.7. The molecular weight excluding hydrogens is 460 g/mol. The molecule has 0 spiro atoms. The van der Waals surface area contributed by atoms with Gasteiger partial charge >= 0.3 is 12.2 Å². The minimum atomic E-state index is -0.546. The molecule has 1 aliphatic rings. The van der Waals surface area contributed by atoms with Gasteiger partial charge in [0, 0.05) is 44.0 Å². The Labute approximate surface area is 212 Å². The summed E-state index contributed by atoms with van der Waals surface area (Å²) in [6.07, 6.45) is -0.852. The summed E-state index contributed by atoms with van der Waals surface area (Å²) in [5, 5.41) is 5.54. The molecule has 1 unspecified atom stereocenters. The van der Waals surface area contributed by atoms with E-state index >= 15 is 0 Å². The van der Waals surface area contributed by atoms with Crippen LogP contribution in [-0.4, -0.2) is 73.3 Å². The lowest BCUT2D eigenvalue weighted by Crippen LogP contribution is -2.51. The van der Waals surface area contributed by atoms with E-state index in [2.05, 4.69) is 15.5 Å². The highest BCUT2D eigenvalue weighted by atomic mass is 16.6. The van der Waals surface area contributed by atoms with Crippen molar-refractivity contribution in [3.8, 4) is 0 Å². The third-order valence-electron chi connectivity index (χ3n) is 5.79. The SMILES string of the molecule is CCNC(=O)c1ccc(C(c2cccc(NC(=O)OC)c2)N2CCN(C(=O)OC(C)(C)C)CC2)cc1. The van der Waals surface area contributed by atoms with E-state index in [0.717, 1.165) is 11.1 Å². The van der Waals surface area contributed by atoms with Crippen LogP contribution in [0.3, 0.4) is 0 Å². The Balaban J connectivity index is 1.87. The molecular formula is C27H36N4O5. The number of nitrogens with zero attached hydrogens (tertiary/aromatic N) is 2. The topological polar surface area (TPSA) is 100 Å². The number of nitrogens with one attached hydrogen (secondary N) is 2. The second-order valence-corrected chi connectivity index (χ2v) is 9.63. The second-order valence-electron chi connectivity index (χ2n) is 9.63. The van der Waals surface area contributed by atoms with E-state index in [0.29, 0.717) is 44.0 Å². The van der Waals surface area contributed by atoms with Crippen molar-refractivity contribution in [1.82, 2.24) is 15.1 Å².